The second-order valence-electron chi connectivity index (χ2n) is 4.51. The van der Waals surface area contributed by atoms with Gasteiger partial charge in [0.25, 0.3) is 0 Å². The van der Waals surface area contributed by atoms with Crippen molar-refractivity contribution in [1.82, 2.24) is 0 Å². The van der Waals surface area contributed by atoms with E-state index in [4.69, 9.17) is 81.2 Å². The van der Waals surface area contributed by atoms with E-state index in [0.717, 1.165) is 0 Å². The summed E-state index contributed by atoms with van der Waals surface area (Å²) in [5.74, 6) is -0.470. The van der Waals surface area contributed by atoms with Crippen molar-refractivity contribution in [3.8, 4) is 0 Å². The average molecular weight is 375 g/mol. The quantitative estimate of drug-likeness (QED) is 0.401. The molecule has 0 aromatic rings. The van der Waals surface area contributed by atoms with Crippen molar-refractivity contribution in [1.29, 1.82) is 0 Å². The SMILES string of the molecule is ClC1=C(Cl)C2(Cl)C3C(Cl)C=CC3C1(Cl)[14C]2(Cl)Cl. The highest BCUT2D eigenvalue weighted by atomic mass is 35.5. The summed E-state index contributed by atoms with van der Waals surface area (Å²) in [6, 6.07) is 0. The zero-order valence-electron chi connectivity index (χ0n) is 8.03. The molecule has 3 aliphatic carbocycles. The van der Waals surface area contributed by atoms with Crippen LogP contribution in [0.5, 0.6) is 0 Å². The topological polar surface area (TPSA) is 0 Å². The Morgan fingerprint density at radius 3 is 2.12 bits per heavy atom. The van der Waals surface area contributed by atoms with Crippen molar-refractivity contribution in [3.63, 3.8) is 0 Å². The number of fused-ring (bicyclic) bond motifs is 5. The molecule has 0 heterocycles. The van der Waals surface area contributed by atoms with Gasteiger partial charge in [0.2, 0.25) is 0 Å². The molecule has 0 aromatic heterocycles. The monoisotopic (exact) mass is 372 g/mol. The summed E-state index contributed by atoms with van der Waals surface area (Å²) in [5.41, 5.74) is 0. The number of halogens is 7. The standard InChI is InChI=1S/C10H5Cl7/c11-4-2-1-3-5(4)9(15)7(13)6(12)8(3,14)10(9,16)17/h1-5H/i10+2. The first-order valence-corrected chi connectivity index (χ1v) is 7.55. The van der Waals surface area contributed by atoms with E-state index in [-0.39, 0.29) is 27.3 Å². The van der Waals surface area contributed by atoms with Crippen LogP contribution in [0.3, 0.4) is 0 Å². The average Bonchev–Trinajstić information content (AvgIpc) is 2.73. The lowest BCUT2D eigenvalue weighted by atomic mass is 9.84. The Morgan fingerprint density at radius 1 is 1.00 bits per heavy atom. The fourth-order valence-electron chi connectivity index (χ4n) is 3.08. The van der Waals surface area contributed by atoms with Gasteiger partial charge >= 0.3 is 0 Å². The van der Waals surface area contributed by atoms with Crippen molar-refractivity contribution in [2.45, 2.75) is 19.5 Å². The Balaban J connectivity index is 2.32. The van der Waals surface area contributed by atoms with Gasteiger partial charge in [0.05, 0.1) is 15.4 Å². The maximum absolute atomic E-state index is 6.57. The molecule has 5 unspecified atom stereocenters. The predicted octanol–water partition coefficient (Wildman–Crippen LogP) is 5.24. The van der Waals surface area contributed by atoms with Gasteiger partial charge in [-0.05, 0) is 0 Å². The summed E-state index contributed by atoms with van der Waals surface area (Å²) in [6.07, 6.45) is 3.69. The van der Waals surface area contributed by atoms with Gasteiger partial charge < -0.3 is 0 Å². The number of hydrogen-bond donors (Lipinski definition) is 0. The van der Waals surface area contributed by atoms with Crippen LogP contribution in [0, 0.1) is 11.8 Å². The van der Waals surface area contributed by atoms with Gasteiger partial charge in [-0.3, -0.25) is 0 Å². The summed E-state index contributed by atoms with van der Waals surface area (Å²) < 4.78 is -1.48. The Morgan fingerprint density at radius 2 is 1.53 bits per heavy atom. The zero-order valence-corrected chi connectivity index (χ0v) is 13.3. The number of hydrogen-bond acceptors (Lipinski definition) is 0. The normalized spacial score (nSPS) is 54.6. The van der Waals surface area contributed by atoms with Crippen LogP contribution < -0.4 is 0 Å². The van der Waals surface area contributed by atoms with Gasteiger partial charge in [-0.15, -0.1) is 34.8 Å². The van der Waals surface area contributed by atoms with E-state index in [1.165, 1.54) is 0 Å². The molecule has 1 saturated carbocycles. The molecule has 94 valence electrons. The first-order chi connectivity index (χ1) is 7.70. The molecular formula is C10H5Cl7. The summed E-state index contributed by atoms with van der Waals surface area (Å²) >= 11 is 44.5. The van der Waals surface area contributed by atoms with Crippen molar-refractivity contribution < 1.29 is 0 Å². The summed E-state index contributed by atoms with van der Waals surface area (Å²) in [5, 5.41) is 0.113. The third-order valence-corrected chi connectivity index (χ3v) is 8.61. The van der Waals surface area contributed by atoms with Crippen molar-refractivity contribution >= 4 is 81.2 Å². The molecule has 3 rings (SSSR count). The highest BCUT2D eigenvalue weighted by Crippen LogP contribution is 2.78. The lowest BCUT2D eigenvalue weighted by Crippen LogP contribution is -2.45. The highest BCUT2D eigenvalue weighted by molar-refractivity contribution is 6.66. The van der Waals surface area contributed by atoms with Crippen LogP contribution in [0.25, 0.3) is 0 Å². The fourth-order valence-corrected chi connectivity index (χ4v) is 6.60. The smallest absolute Gasteiger partial charge is 0.118 e. The minimum Gasteiger partial charge on any atom is -0.118 e. The van der Waals surface area contributed by atoms with E-state index < -0.39 is 14.1 Å². The third-order valence-electron chi connectivity index (χ3n) is 3.90. The first-order valence-electron chi connectivity index (χ1n) is 4.85. The minimum atomic E-state index is -1.48. The molecule has 5 atom stereocenters. The van der Waals surface area contributed by atoms with E-state index >= 15 is 0 Å². The Hall–Kier alpha value is 1.51. The molecule has 0 nitrogen and oxygen atoms in total. The summed E-state index contributed by atoms with van der Waals surface area (Å²) in [6.45, 7) is 0. The minimum absolute atomic E-state index is 0.205. The maximum Gasteiger partial charge on any atom is 0.167 e. The Labute approximate surface area is 134 Å². The van der Waals surface area contributed by atoms with E-state index in [2.05, 4.69) is 0 Å². The molecular weight excluding hydrogens is 370 g/mol. The van der Waals surface area contributed by atoms with E-state index in [1.807, 2.05) is 12.2 Å². The Kier molecular flexibility index (Phi) is 2.84. The van der Waals surface area contributed by atoms with Gasteiger partial charge in [0.15, 0.2) is 4.33 Å². The lowest BCUT2D eigenvalue weighted by molar-refractivity contribution is 0.420. The zero-order chi connectivity index (χ0) is 12.8. The molecule has 0 spiro atoms. The summed E-state index contributed by atoms with van der Waals surface area (Å²) in [4.78, 5) is -2.45. The van der Waals surface area contributed by atoms with E-state index in [1.54, 1.807) is 0 Å². The summed E-state index contributed by atoms with van der Waals surface area (Å²) in [7, 11) is 0. The molecule has 0 N–H and O–H groups in total. The molecule has 0 aromatic carbocycles. The number of allylic oxidation sites excluding steroid dienone is 4. The van der Waals surface area contributed by atoms with Crippen LogP contribution in [-0.2, 0) is 0 Å². The van der Waals surface area contributed by atoms with Crippen LogP contribution in [0.1, 0.15) is 0 Å². The van der Waals surface area contributed by atoms with Gasteiger partial charge in [-0.2, -0.15) is 0 Å². The van der Waals surface area contributed by atoms with Crippen LogP contribution in [0.2, 0.25) is 0 Å². The third kappa shape index (κ3) is 1.15. The lowest BCUT2D eigenvalue weighted by Gasteiger charge is -2.34. The molecule has 0 amide bonds. The van der Waals surface area contributed by atoms with Crippen LogP contribution in [0.15, 0.2) is 22.2 Å². The largest absolute Gasteiger partial charge is 0.167 e. The predicted molar refractivity (Wildman–Crippen MR) is 76.1 cm³/mol. The van der Waals surface area contributed by atoms with Gasteiger partial charge in [0, 0.05) is 11.8 Å². The van der Waals surface area contributed by atoms with Gasteiger partial charge in [-0.25, -0.2) is 0 Å². The number of rotatable bonds is 0. The van der Waals surface area contributed by atoms with Crippen LogP contribution >= 0.6 is 81.2 Å². The van der Waals surface area contributed by atoms with Crippen molar-refractivity contribution in [2.75, 3.05) is 0 Å². The molecule has 0 radical (unpaired) electrons. The molecule has 0 saturated heterocycles. The highest BCUT2D eigenvalue weighted by Gasteiger charge is 2.83. The second-order valence-corrected chi connectivity index (χ2v) is 8.29. The molecule has 3 aliphatic rings. The molecule has 0 aliphatic heterocycles. The molecule has 1 fully saturated rings. The van der Waals surface area contributed by atoms with E-state index in [0.29, 0.717) is 0 Å². The fraction of sp³-hybridized carbons (Fsp3) is 0.600. The number of alkyl halides is 5. The molecule has 17 heavy (non-hydrogen) atoms. The van der Waals surface area contributed by atoms with Crippen LogP contribution in [-0.4, -0.2) is 19.5 Å². The van der Waals surface area contributed by atoms with Gasteiger partial charge in [0.1, 0.15) is 9.75 Å². The Bertz CT molecular complexity index is 467. The van der Waals surface area contributed by atoms with Gasteiger partial charge in [-0.1, -0.05) is 58.6 Å². The maximum atomic E-state index is 6.57. The first kappa shape index (κ1) is 13.5. The van der Waals surface area contributed by atoms with Crippen molar-refractivity contribution in [2.24, 2.45) is 11.8 Å². The van der Waals surface area contributed by atoms with E-state index in [9.17, 15) is 0 Å². The molecule has 7 heteroatoms. The molecule has 2 bridgehead atoms. The van der Waals surface area contributed by atoms with Crippen molar-refractivity contribution in [3.05, 3.63) is 22.2 Å². The second kappa shape index (κ2) is 3.58. The van der Waals surface area contributed by atoms with Crippen LogP contribution in [0.4, 0.5) is 0 Å².